The topological polar surface area (TPSA) is 12.9 Å². The van der Waals surface area contributed by atoms with Crippen molar-refractivity contribution in [3.8, 4) is 0 Å². The molecule has 0 spiro atoms. The fraction of sp³-hybridized carbons (Fsp3) is 0.643. The van der Waals surface area contributed by atoms with Crippen LogP contribution in [0.5, 0.6) is 0 Å². The number of pyridine rings is 1. The van der Waals surface area contributed by atoms with Crippen molar-refractivity contribution in [2.75, 3.05) is 0 Å². The molecule has 1 aromatic rings. The summed E-state index contributed by atoms with van der Waals surface area (Å²) >= 11 is 0. The molecule has 84 valence electrons. The predicted octanol–water partition coefficient (Wildman–Crippen LogP) is 4.25. The first-order chi connectivity index (χ1) is 6.86. The highest BCUT2D eigenvalue weighted by molar-refractivity contribution is 5.41. The van der Waals surface area contributed by atoms with Crippen molar-refractivity contribution >= 4 is 0 Å². The monoisotopic (exact) mass is 205 g/mol. The van der Waals surface area contributed by atoms with Crippen LogP contribution in [0.1, 0.15) is 67.6 Å². The van der Waals surface area contributed by atoms with E-state index in [1.807, 2.05) is 0 Å². The lowest BCUT2D eigenvalue weighted by Gasteiger charge is -2.19. The summed E-state index contributed by atoms with van der Waals surface area (Å²) in [6.07, 6.45) is 0. The van der Waals surface area contributed by atoms with Crippen LogP contribution in [0.25, 0.3) is 0 Å². The quantitative estimate of drug-likeness (QED) is 0.703. The minimum atomic E-state index is 0.517. The van der Waals surface area contributed by atoms with Gasteiger partial charge in [0, 0.05) is 11.4 Å². The van der Waals surface area contributed by atoms with Gasteiger partial charge in [-0.3, -0.25) is 4.98 Å². The maximum atomic E-state index is 4.75. The highest BCUT2D eigenvalue weighted by Crippen LogP contribution is 2.28. The van der Waals surface area contributed by atoms with Gasteiger partial charge in [0.15, 0.2) is 0 Å². The summed E-state index contributed by atoms with van der Waals surface area (Å²) in [5, 5.41) is 0. The number of nitrogens with zero attached hydrogens (tertiary/aromatic N) is 1. The summed E-state index contributed by atoms with van der Waals surface area (Å²) in [7, 11) is 0. The molecule has 0 aromatic carbocycles. The summed E-state index contributed by atoms with van der Waals surface area (Å²) in [5.74, 6) is 1.08. The minimum absolute atomic E-state index is 0.517. The first-order valence-electron chi connectivity index (χ1n) is 5.83. The molecule has 0 aliphatic rings. The molecule has 0 amide bonds. The molecule has 0 radical (unpaired) electrons. The first-order valence-corrected chi connectivity index (χ1v) is 5.83. The van der Waals surface area contributed by atoms with Gasteiger partial charge in [-0.05, 0) is 49.3 Å². The van der Waals surface area contributed by atoms with E-state index in [9.17, 15) is 0 Å². The highest BCUT2D eigenvalue weighted by atomic mass is 14.7. The number of rotatable bonds is 2. The lowest BCUT2D eigenvalue weighted by molar-refractivity contribution is 0.769. The Bertz CT molecular complexity index is 362. The smallest absolute Gasteiger partial charge is 0.0464 e. The molecule has 1 heterocycles. The SMILES string of the molecule is Cc1nc(C(C)C)c(C)c(C)c1C(C)C. The Balaban J connectivity index is 3.44. The van der Waals surface area contributed by atoms with Gasteiger partial charge in [0.05, 0.1) is 0 Å². The molecule has 0 atom stereocenters. The van der Waals surface area contributed by atoms with Gasteiger partial charge in [-0.1, -0.05) is 27.7 Å². The standard InChI is InChI=1S/C14H23N/c1-8(2)13-10(5)11(6)14(9(3)4)15-12(13)7/h8-9H,1-7H3. The lowest BCUT2D eigenvalue weighted by atomic mass is 9.90. The minimum Gasteiger partial charge on any atom is -0.257 e. The van der Waals surface area contributed by atoms with Crippen LogP contribution in [-0.4, -0.2) is 4.98 Å². The van der Waals surface area contributed by atoms with Crippen molar-refractivity contribution in [2.45, 2.75) is 60.3 Å². The largest absolute Gasteiger partial charge is 0.257 e. The highest BCUT2D eigenvalue weighted by Gasteiger charge is 2.15. The Kier molecular flexibility index (Phi) is 3.54. The van der Waals surface area contributed by atoms with Gasteiger partial charge in [0.1, 0.15) is 0 Å². The van der Waals surface area contributed by atoms with Gasteiger partial charge in [-0.25, -0.2) is 0 Å². The predicted molar refractivity (Wildman–Crippen MR) is 66.6 cm³/mol. The van der Waals surface area contributed by atoms with E-state index in [1.165, 1.54) is 28.1 Å². The summed E-state index contributed by atoms with van der Waals surface area (Å²) in [6, 6.07) is 0. The van der Waals surface area contributed by atoms with Crippen molar-refractivity contribution in [3.63, 3.8) is 0 Å². The average molecular weight is 205 g/mol. The number of hydrogen-bond acceptors (Lipinski definition) is 1. The third-order valence-corrected chi connectivity index (χ3v) is 3.15. The van der Waals surface area contributed by atoms with Crippen LogP contribution in [0, 0.1) is 20.8 Å². The average Bonchev–Trinajstić information content (AvgIpc) is 2.10. The van der Waals surface area contributed by atoms with Gasteiger partial charge in [0.25, 0.3) is 0 Å². The zero-order valence-electron chi connectivity index (χ0n) is 11.1. The first kappa shape index (κ1) is 12.2. The zero-order chi connectivity index (χ0) is 11.7. The van der Waals surface area contributed by atoms with Gasteiger partial charge < -0.3 is 0 Å². The summed E-state index contributed by atoms with van der Waals surface area (Å²) in [4.78, 5) is 4.75. The third-order valence-electron chi connectivity index (χ3n) is 3.15. The van der Waals surface area contributed by atoms with E-state index in [2.05, 4.69) is 48.5 Å². The van der Waals surface area contributed by atoms with Crippen molar-refractivity contribution < 1.29 is 0 Å². The second-order valence-electron chi connectivity index (χ2n) is 5.06. The molecule has 1 rings (SSSR count). The molecular formula is C14H23N. The van der Waals surface area contributed by atoms with Crippen LogP contribution in [0.2, 0.25) is 0 Å². The molecule has 1 aromatic heterocycles. The molecular weight excluding hydrogens is 182 g/mol. The fourth-order valence-corrected chi connectivity index (χ4v) is 2.40. The van der Waals surface area contributed by atoms with Crippen LogP contribution in [0.4, 0.5) is 0 Å². The molecule has 15 heavy (non-hydrogen) atoms. The molecule has 0 aliphatic heterocycles. The molecule has 0 saturated carbocycles. The van der Waals surface area contributed by atoms with E-state index in [4.69, 9.17) is 4.98 Å². The van der Waals surface area contributed by atoms with Gasteiger partial charge >= 0.3 is 0 Å². The molecule has 0 N–H and O–H groups in total. The number of hydrogen-bond donors (Lipinski definition) is 0. The second-order valence-corrected chi connectivity index (χ2v) is 5.06. The van der Waals surface area contributed by atoms with Crippen LogP contribution < -0.4 is 0 Å². The maximum Gasteiger partial charge on any atom is 0.0464 e. The van der Waals surface area contributed by atoms with Crippen LogP contribution in [0.15, 0.2) is 0 Å². The van der Waals surface area contributed by atoms with Crippen LogP contribution in [0.3, 0.4) is 0 Å². The third kappa shape index (κ3) is 2.22. The van der Waals surface area contributed by atoms with Gasteiger partial charge in [-0.2, -0.15) is 0 Å². The maximum absolute atomic E-state index is 4.75. The Morgan fingerprint density at radius 2 is 1.33 bits per heavy atom. The molecule has 0 fully saturated rings. The van der Waals surface area contributed by atoms with Crippen molar-refractivity contribution in [1.82, 2.24) is 4.98 Å². The molecule has 0 aliphatic carbocycles. The molecule has 0 bridgehead atoms. The molecule has 1 nitrogen and oxygen atoms in total. The summed E-state index contributed by atoms with van der Waals surface area (Å²) in [6.45, 7) is 15.5. The number of aromatic nitrogens is 1. The Labute approximate surface area is 93.9 Å². The molecule has 1 heteroatoms. The van der Waals surface area contributed by atoms with E-state index >= 15 is 0 Å². The van der Waals surface area contributed by atoms with E-state index < -0.39 is 0 Å². The van der Waals surface area contributed by atoms with E-state index in [0.29, 0.717) is 11.8 Å². The second kappa shape index (κ2) is 4.34. The fourth-order valence-electron chi connectivity index (χ4n) is 2.40. The molecule has 0 saturated heterocycles. The Morgan fingerprint density at radius 3 is 1.73 bits per heavy atom. The lowest BCUT2D eigenvalue weighted by Crippen LogP contribution is -2.07. The van der Waals surface area contributed by atoms with E-state index in [1.54, 1.807) is 0 Å². The number of aryl methyl sites for hydroxylation is 1. The van der Waals surface area contributed by atoms with E-state index in [-0.39, 0.29) is 0 Å². The van der Waals surface area contributed by atoms with Crippen LogP contribution >= 0.6 is 0 Å². The summed E-state index contributed by atoms with van der Waals surface area (Å²) in [5.41, 5.74) is 6.70. The van der Waals surface area contributed by atoms with E-state index in [0.717, 1.165) is 0 Å². The van der Waals surface area contributed by atoms with Crippen molar-refractivity contribution in [2.24, 2.45) is 0 Å². The van der Waals surface area contributed by atoms with Gasteiger partial charge in [-0.15, -0.1) is 0 Å². The van der Waals surface area contributed by atoms with Crippen molar-refractivity contribution in [3.05, 3.63) is 28.1 Å². The van der Waals surface area contributed by atoms with Gasteiger partial charge in [0.2, 0.25) is 0 Å². The molecule has 0 unspecified atom stereocenters. The zero-order valence-corrected chi connectivity index (χ0v) is 11.1. The van der Waals surface area contributed by atoms with Crippen molar-refractivity contribution in [1.29, 1.82) is 0 Å². The summed E-state index contributed by atoms with van der Waals surface area (Å²) < 4.78 is 0. The Hall–Kier alpha value is -0.850. The normalized spacial score (nSPS) is 11.5. The van der Waals surface area contributed by atoms with Crippen LogP contribution in [-0.2, 0) is 0 Å². The Morgan fingerprint density at radius 1 is 0.800 bits per heavy atom.